The predicted molar refractivity (Wildman–Crippen MR) is 70.0 cm³/mol. The van der Waals surface area contributed by atoms with Crippen LogP contribution in [0.1, 0.15) is 6.92 Å². The summed E-state index contributed by atoms with van der Waals surface area (Å²) < 4.78 is 0. The number of anilines is 1. The van der Waals surface area contributed by atoms with Gasteiger partial charge in [-0.25, -0.2) is 4.79 Å². The lowest BCUT2D eigenvalue weighted by Gasteiger charge is -2.22. The number of benzene rings is 2. The van der Waals surface area contributed by atoms with E-state index < -0.39 is 12.1 Å². The molecule has 2 rings (SSSR count). The van der Waals surface area contributed by atoms with Gasteiger partial charge in [0, 0.05) is 5.69 Å². The second kappa shape index (κ2) is 4.87. The van der Waals surface area contributed by atoms with Gasteiger partial charge in [0.2, 0.25) is 0 Å². The second-order valence-corrected chi connectivity index (χ2v) is 4.06. The molecule has 1 unspecified atom stereocenters. The molecule has 0 aliphatic heterocycles. The summed E-state index contributed by atoms with van der Waals surface area (Å²) in [5.41, 5.74) is 0.501. The Bertz CT molecular complexity index is 594. The maximum atomic E-state index is 11.2. The Labute approximate surface area is 104 Å². The Balaban J connectivity index is 2.51. The molecule has 0 bridgehead atoms. The number of nitrogens with zero attached hydrogens (tertiary/aromatic N) is 1. The molecule has 1 amide bonds. The summed E-state index contributed by atoms with van der Waals surface area (Å²) in [5, 5.41) is 11.1. The molecule has 0 heterocycles. The molecule has 4 nitrogen and oxygen atoms in total. The highest BCUT2D eigenvalue weighted by Crippen LogP contribution is 2.23. The number of rotatable bonds is 3. The minimum atomic E-state index is -1.13. The number of carbonyl (C=O) groups is 2. The fourth-order valence-electron chi connectivity index (χ4n) is 1.91. The van der Waals surface area contributed by atoms with E-state index in [1.807, 2.05) is 30.3 Å². The van der Waals surface area contributed by atoms with Crippen LogP contribution in [0.25, 0.3) is 10.8 Å². The van der Waals surface area contributed by atoms with Gasteiger partial charge >= 0.3 is 6.09 Å². The molecular formula is C14H13NO3. The molecule has 2 aromatic rings. The third-order valence-electron chi connectivity index (χ3n) is 2.82. The van der Waals surface area contributed by atoms with Crippen LogP contribution < -0.4 is 4.90 Å². The minimum Gasteiger partial charge on any atom is -0.465 e. The quantitative estimate of drug-likeness (QED) is 0.843. The van der Waals surface area contributed by atoms with Crippen molar-refractivity contribution in [2.24, 2.45) is 0 Å². The number of aldehydes is 1. The van der Waals surface area contributed by atoms with Crippen molar-refractivity contribution in [2.75, 3.05) is 4.90 Å². The van der Waals surface area contributed by atoms with Gasteiger partial charge in [0.25, 0.3) is 0 Å². The first kappa shape index (κ1) is 12.1. The molecule has 92 valence electrons. The normalized spacial score (nSPS) is 12.1. The lowest BCUT2D eigenvalue weighted by Crippen LogP contribution is -2.38. The largest absolute Gasteiger partial charge is 0.465 e. The summed E-state index contributed by atoms with van der Waals surface area (Å²) in [6.07, 6.45) is -0.520. The average molecular weight is 243 g/mol. The molecule has 0 aromatic heterocycles. The highest BCUT2D eigenvalue weighted by atomic mass is 16.4. The third kappa shape index (κ3) is 2.18. The summed E-state index contributed by atoms with van der Waals surface area (Å²) in [6, 6.07) is 12.3. The van der Waals surface area contributed by atoms with Crippen molar-refractivity contribution in [1.29, 1.82) is 0 Å². The first-order valence-electron chi connectivity index (χ1n) is 5.59. The van der Waals surface area contributed by atoms with E-state index in [9.17, 15) is 9.59 Å². The van der Waals surface area contributed by atoms with Crippen molar-refractivity contribution in [3.8, 4) is 0 Å². The lowest BCUT2D eigenvalue weighted by molar-refractivity contribution is -0.108. The standard InChI is InChI=1S/C14H13NO3/c1-10(9-16)15(14(17)18)13-7-6-11-4-2-3-5-12(11)8-13/h2-10H,1H3,(H,17,18). The van der Waals surface area contributed by atoms with Gasteiger partial charge in [-0.3, -0.25) is 4.90 Å². The van der Waals surface area contributed by atoms with Crippen LogP contribution in [0, 0.1) is 0 Å². The SMILES string of the molecule is CC(C=O)N(C(=O)O)c1ccc2ccccc2c1. The zero-order valence-electron chi connectivity index (χ0n) is 9.91. The Kier molecular flexibility index (Phi) is 3.28. The number of fused-ring (bicyclic) bond motifs is 1. The maximum absolute atomic E-state index is 11.2. The van der Waals surface area contributed by atoms with Gasteiger partial charge in [0.05, 0.1) is 6.04 Å². The molecule has 0 saturated heterocycles. The molecule has 2 aromatic carbocycles. The smallest absolute Gasteiger partial charge is 0.412 e. The number of carbonyl (C=O) groups excluding carboxylic acids is 1. The van der Waals surface area contributed by atoms with Crippen molar-refractivity contribution in [2.45, 2.75) is 13.0 Å². The van der Waals surface area contributed by atoms with Crippen LogP contribution in [-0.4, -0.2) is 23.5 Å². The van der Waals surface area contributed by atoms with Crippen LogP contribution in [-0.2, 0) is 4.79 Å². The molecule has 0 spiro atoms. The summed E-state index contributed by atoms with van der Waals surface area (Å²) >= 11 is 0. The van der Waals surface area contributed by atoms with Gasteiger partial charge in [-0.1, -0.05) is 30.3 Å². The van der Waals surface area contributed by atoms with E-state index in [4.69, 9.17) is 5.11 Å². The molecular weight excluding hydrogens is 230 g/mol. The van der Waals surface area contributed by atoms with Crippen molar-refractivity contribution >= 4 is 28.8 Å². The molecule has 0 fully saturated rings. The van der Waals surface area contributed by atoms with Gasteiger partial charge in [0.1, 0.15) is 6.29 Å². The number of amides is 1. The second-order valence-electron chi connectivity index (χ2n) is 4.06. The average Bonchev–Trinajstić information content (AvgIpc) is 2.38. The first-order valence-corrected chi connectivity index (χ1v) is 5.59. The minimum absolute atomic E-state index is 0.501. The number of carboxylic acid groups (broad SMARTS) is 1. The van der Waals surface area contributed by atoms with Crippen LogP contribution in [0.3, 0.4) is 0 Å². The Hall–Kier alpha value is -2.36. The van der Waals surface area contributed by atoms with E-state index in [1.165, 1.54) is 0 Å². The molecule has 0 aliphatic rings. The molecule has 0 aliphatic carbocycles. The summed E-state index contributed by atoms with van der Waals surface area (Å²) in [7, 11) is 0. The van der Waals surface area contributed by atoms with Crippen LogP contribution >= 0.6 is 0 Å². The first-order chi connectivity index (χ1) is 8.63. The molecule has 1 atom stereocenters. The van der Waals surface area contributed by atoms with Gasteiger partial charge < -0.3 is 9.90 Å². The van der Waals surface area contributed by atoms with E-state index in [1.54, 1.807) is 19.1 Å². The monoisotopic (exact) mass is 243 g/mol. The van der Waals surface area contributed by atoms with Crippen molar-refractivity contribution in [1.82, 2.24) is 0 Å². The Morgan fingerprint density at radius 1 is 1.22 bits per heavy atom. The summed E-state index contributed by atoms with van der Waals surface area (Å²) in [6.45, 7) is 1.55. The number of hydrogen-bond donors (Lipinski definition) is 1. The lowest BCUT2D eigenvalue weighted by atomic mass is 10.1. The van der Waals surface area contributed by atoms with Gasteiger partial charge in [0.15, 0.2) is 0 Å². The third-order valence-corrected chi connectivity index (χ3v) is 2.82. The van der Waals surface area contributed by atoms with Gasteiger partial charge in [-0.15, -0.1) is 0 Å². The maximum Gasteiger partial charge on any atom is 0.412 e. The van der Waals surface area contributed by atoms with E-state index in [-0.39, 0.29) is 0 Å². The molecule has 4 heteroatoms. The zero-order chi connectivity index (χ0) is 13.1. The number of hydrogen-bond acceptors (Lipinski definition) is 2. The topological polar surface area (TPSA) is 57.6 Å². The van der Waals surface area contributed by atoms with Gasteiger partial charge in [-0.05, 0) is 29.8 Å². The zero-order valence-corrected chi connectivity index (χ0v) is 9.91. The molecule has 0 radical (unpaired) electrons. The van der Waals surface area contributed by atoms with Crippen molar-refractivity contribution in [3.63, 3.8) is 0 Å². The predicted octanol–water partition coefficient (Wildman–Crippen LogP) is 2.91. The highest BCUT2D eigenvalue weighted by Gasteiger charge is 2.20. The summed E-state index contributed by atoms with van der Waals surface area (Å²) in [5.74, 6) is 0. The Morgan fingerprint density at radius 3 is 2.50 bits per heavy atom. The summed E-state index contributed by atoms with van der Waals surface area (Å²) in [4.78, 5) is 23.0. The van der Waals surface area contributed by atoms with E-state index in [0.29, 0.717) is 12.0 Å². The van der Waals surface area contributed by atoms with Crippen LogP contribution in [0.5, 0.6) is 0 Å². The fraction of sp³-hybridized carbons (Fsp3) is 0.143. The molecule has 18 heavy (non-hydrogen) atoms. The van der Waals surface area contributed by atoms with E-state index in [0.717, 1.165) is 15.7 Å². The van der Waals surface area contributed by atoms with Crippen LogP contribution in [0.4, 0.5) is 10.5 Å². The van der Waals surface area contributed by atoms with E-state index in [2.05, 4.69) is 0 Å². The van der Waals surface area contributed by atoms with Gasteiger partial charge in [-0.2, -0.15) is 0 Å². The van der Waals surface area contributed by atoms with Crippen LogP contribution in [0.2, 0.25) is 0 Å². The molecule has 1 N–H and O–H groups in total. The highest BCUT2D eigenvalue weighted by molar-refractivity contribution is 5.94. The van der Waals surface area contributed by atoms with Crippen LogP contribution in [0.15, 0.2) is 42.5 Å². The van der Waals surface area contributed by atoms with Crippen molar-refractivity contribution in [3.05, 3.63) is 42.5 Å². The van der Waals surface area contributed by atoms with E-state index >= 15 is 0 Å². The van der Waals surface area contributed by atoms with Crippen molar-refractivity contribution < 1.29 is 14.7 Å². The molecule has 0 saturated carbocycles. The fourth-order valence-corrected chi connectivity index (χ4v) is 1.91. The Morgan fingerprint density at radius 2 is 1.89 bits per heavy atom.